The van der Waals surface area contributed by atoms with E-state index in [0.29, 0.717) is 45.8 Å². The van der Waals surface area contributed by atoms with E-state index < -0.39 is 11.5 Å². The number of carbonyl (C=O) groups excluding carboxylic acids is 2. The molecule has 0 radical (unpaired) electrons. The first-order valence-corrected chi connectivity index (χ1v) is 15.2. The number of benzene rings is 2. The van der Waals surface area contributed by atoms with Crippen LogP contribution in [-0.2, 0) is 22.4 Å². The van der Waals surface area contributed by atoms with Gasteiger partial charge in [0, 0.05) is 68.3 Å². The van der Waals surface area contributed by atoms with Gasteiger partial charge in [0.25, 0.3) is 5.91 Å². The van der Waals surface area contributed by atoms with E-state index in [0.717, 1.165) is 11.1 Å². The van der Waals surface area contributed by atoms with E-state index in [1.54, 1.807) is 39.8 Å². The van der Waals surface area contributed by atoms with Crippen LogP contribution in [0.5, 0.6) is 5.75 Å². The number of phenols is 1. The van der Waals surface area contributed by atoms with E-state index in [-0.39, 0.29) is 30.2 Å². The van der Waals surface area contributed by atoms with Crippen molar-refractivity contribution in [3.05, 3.63) is 68.5 Å². The van der Waals surface area contributed by atoms with E-state index >= 15 is 0 Å². The Balaban J connectivity index is 1.34. The Bertz CT molecular complexity index is 1410. The van der Waals surface area contributed by atoms with Gasteiger partial charge in [0.05, 0.1) is 10.9 Å². The quantitative estimate of drug-likeness (QED) is 0.0552. The highest BCUT2D eigenvalue weighted by Crippen LogP contribution is 2.25. The number of aromatic hydroxyl groups is 1. The molecular formula is C26H29BrN4O6S2. The van der Waals surface area contributed by atoms with Crippen molar-refractivity contribution in [2.24, 2.45) is 5.16 Å². The van der Waals surface area contributed by atoms with Crippen LogP contribution in [0.1, 0.15) is 11.1 Å². The van der Waals surface area contributed by atoms with Gasteiger partial charge in [-0.15, -0.1) is 0 Å². The SMILES string of the molecule is CN(C)c1ccc2c(CC(=O)NCCSSCCNC(=O)/C(Cc3ccc(O)c(Br)c3)=N/O)cc(=O)oc2c1. The third kappa shape index (κ3) is 9.22. The fourth-order valence-corrected chi connectivity index (χ4v) is 5.79. The van der Waals surface area contributed by atoms with Crippen molar-refractivity contribution < 1.29 is 24.3 Å². The average Bonchev–Trinajstić information content (AvgIpc) is 2.90. The molecule has 3 rings (SSSR count). The number of anilines is 1. The Morgan fingerprint density at radius 3 is 2.41 bits per heavy atom. The van der Waals surface area contributed by atoms with Crippen LogP contribution in [0, 0.1) is 0 Å². The topological polar surface area (TPSA) is 144 Å². The molecule has 1 heterocycles. The number of rotatable bonds is 13. The molecular weight excluding hydrogens is 608 g/mol. The molecule has 2 aromatic carbocycles. The first kappa shape index (κ1) is 30.4. The number of phenolic OH excluding ortho intramolecular Hbond substituents is 1. The van der Waals surface area contributed by atoms with Gasteiger partial charge in [0.15, 0.2) is 0 Å². The number of hydrogen-bond donors (Lipinski definition) is 4. The molecule has 2 amide bonds. The molecule has 10 nitrogen and oxygen atoms in total. The number of nitrogens with one attached hydrogen (secondary N) is 2. The molecule has 1 aromatic heterocycles. The molecule has 0 aliphatic carbocycles. The molecule has 39 heavy (non-hydrogen) atoms. The minimum Gasteiger partial charge on any atom is -0.507 e. The summed E-state index contributed by atoms with van der Waals surface area (Å²) in [5.74, 6) is 0.701. The monoisotopic (exact) mass is 636 g/mol. The summed E-state index contributed by atoms with van der Waals surface area (Å²) in [6.45, 7) is 0.830. The summed E-state index contributed by atoms with van der Waals surface area (Å²) in [6.07, 6.45) is 0.187. The zero-order chi connectivity index (χ0) is 28.4. The van der Waals surface area contributed by atoms with Crippen LogP contribution in [0.4, 0.5) is 5.69 Å². The van der Waals surface area contributed by atoms with Crippen LogP contribution in [0.2, 0.25) is 0 Å². The van der Waals surface area contributed by atoms with Crippen molar-refractivity contribution in [3.8, 4) is 5.75 Å². The third-order valence-corrected chi connectivity index (χ3v) is 8.55. The summed E-state index contributed by atoms with van der Waals surface area (Å²) in [5.41, 5.74) is 2.14. The van der Waals surface area contributed by atoms with Gasteiger partial charge in [-0.05, 0) is 51.3 Å². The second-order valence-corrected chi connectivity index (χ2v) is 12.2. The molecule has 0 bridgehead atoms. The van der Waals surface area contributed by atoms with Crippen LogP contribution in [-0.4, -0.2) is 66.5 Å². The van der Waals surface area contributed by atoms with Gasteiger partial charge in [-0.3, -0.25) is 9.59 Å². The Hall–Kier alpha value is -3.16. The standard InChI is InChI=1S/C26H29BrN4O6S2/c1-31(2)18-4-5-19-17(14-25(34)37-23(19)15-18)13-24(33)28-7-9-38-39-10-8-29-26(35)21(30-36)12-16-3-6-22(32)20(27)11-16/h3-6,11,14-15,32,36H,7-10,12-13H2,1-2H3,(H,28,33)(H,29,35)/b30-21+. The Kier molecular flexibility index (Phi) is 11.6. The summed E-state index contributed by atoms with van der Waals surface area (Å²) in [4.78, 5) is 38.6. The molecule has 0 atom stereocenters. The van der Waals surface area contributed by atoms with Gasteiger partial charge in [-0.1, -0.05) is 32.8 Å². The summed E-state index contributed by atoms with van der Waals surface area (Å²) in [7, 11) is 6.89. The van der Waals surface area contributed by atoms with Crippen molar-refractivity contribution in [1.82, 2.24) is 10.6 Å². The van der Waals surface area contributed by atoms with E-state index in [2.05, 4.69) is 31.7 Å². The normalized spacial score (nSPS) is 11.4. The Morgan fingerprint density at radius 1 is 1.03 bits per heavy atom. The fourth-order valence-electron chi connectivity index (χ4n) is 3.55. The highest BCUT2D eigenvalue weighted by atomic mass is 79.9. The van der Waals surface area contributed by atoms with Crippen LogP contribution in [0.3, 0.4) is 0 Å². The molecule has 0 fully saturated rings. The van der Waals surface area contributed by atoms with E-state index in [9.17, 15) is 24.7 Å². The predicted octanol–water partition coefficient (Wildman–Crippen LogP) is 3.56. The number of hydrogen-bond acceptors (Lipinski definition) is 10. The van der Waals surface area contributed by atoms with Crippen LogP contribution < -0.4 is 21.2 Å². The van der Waals surface area contributed by atoms with Crippen molar-refractivity contribution >= 4 is 71.7 Å². The van der Waals surface area contributed by atoms with Crippen molar-refractivity contribution in [2.75, 3.05) is 43.6 Å². The minimum atomic E-state index is -0.494. The lowest BCUT2D eigenvalue weighted by Gasteiger charge is -2.13. The van der Waals surface area contributed by atoms with Crippen molar-refractivity contribution in [3.63, 3.8) is 0 Å². The van der Waals surface area contributed by atoms with Gasteiger partial charge < -0.3 is 30.3 Å². The van der Waals surface area contributed by atoms with Gasteiger partial charge in [-0.25, -0.2) is 4.79 Å². The smallest absolute Gasteiger partial charge is 0.336 e. The molecule has 13 heteroatoms. The molecule has 0 unspecified atom stereocenters. The summed E-state index contributed by atoms with van der Waals surface area (Å²) in [5, 5.41) is 28.2. The summed E-state index contributed by atoms with van der Waals surface area (Å²) >= 11 is 3.21. The molecule has 0 spiro atoms. The first-order valence-electron chi connectivity index (χ1n) is 11.9. The molecule has 3 aromatic rings. The van der Waals surface area contributed by atoms with Crippen molar-refractivity contribution in [1.29, 1.82) is 0 Å². The molecule has 208 valence electrons. The molecule has 0 saturated carbocycles. The fraction of sp³-hybridized carbons (Fsp3) is 0.308. The zero-order valence-corrected chi connectivity index (χ0v) is 24.6. The number of nitrogens with zero attached hydrogens (tertiary/aromatic N) is 2. The van der Waals surface area contributed by atoms with Gasteiger partial charge in [0.1, 0.15) is 17.0 Å². The van der Waals surface area contributed by atoms with Gasteiger partial charge in [0.2, 0.25) is 5.91 Å². The largest absolute Gasteiger partial charge is 0.507 e. The maximum Gasteiger partial charge on any atom is 0.336 e. The lowest BCUT2D eigenvalue weighted by atomic mass is 10.1. The van der Waals surface area contributed by atoms with Crippen LogP contribution >= 0.6 is 37.5 Å². The second kappa shape index (κ2) is 14.8. The highest BCUT2D eigenvalue weighted by molar-refractivity contribution is 9.10. The lowest BCUT2D eigenvalue weighted by Crippen LogP contribution is -2.33. The summed E-state index contributed by atoms with van der Waals surface area (Å²) < 4.78 is 5.80. The van der Waals surface area contributed by atoms with E-state index in [4.69, 9.17) is 4.42 Å². The lowest BCUT2D eigenvalue weighted by molar-refractivity contribution is -0.120. The van der Waals surface area contributed by atoms with Crippen LogP contribution in [0.15, 0.2) is 61.3 Å². The number of oxime groups is 1. The molecule has 0 saturated heterocycles. The number of halogens is 1. The van der Waals surface area contributed by atoms with Gasteiger partial charge in [-0.2, -0.15) is 0 Å². The highest BCUT2D eigenvalue weighted by Gasteiger charge is 2.14. The predicted molar refractivity (Wildman–Crippen MR) is 160 cm³/mol. The third-order valence-electron chi connectivity index (χ3n) is 5.51. The maximum absolute atomic E-state index is 12.4. The number of amides is 2. The van der Waals surface area contributed by atoms with Gasteiger partial charge >= 0.3 is 5.63 Å². The summed E-state index contributed by atoms with van der Waals surface area (Å²) in [6, 6.07) is 11.7. The minimum absolute atomic E-state index is 0.0324. The number of fused-ring (bicyclic) bond motifs is 1. The maximum atomic E-state index is 12.4. The van der Waals surface area contributed by atoms with Crippen LogP contribution in [0.25, 0.3) is 11.0 Å². The molecule has 4 N–H and O–H groups in total. The molecule has 0 aliphatic heterocycles. The Morgan fingerprint density at radius 2 is 1.74 bits per heavy atom. The number of carbonyl (C=O) groups is 2. The second-order valence-electron chi connectivity index (χ2n) is 8.60. The van der Waals surface area contributed by atoms with Crippen molar-refractivity contribution in [2.45, 2.75) is 12.8 Å². The average molecular weight is 638 g/mol. The zero-order valence-electron chi connectivity index (χ0n) is 21.4. The van der Waals surface area contributed by atoms with E-state index in [1.165, 1.54) is 12.1 Å². The van der Waals surface area contributed by atoms with E-state index in [1.807, 2.05) is 31.1 Å². The molecule has 0 aliphatic rings. The Labute approximate surface area is 241 Å². The first-order chi connectivity index (χ1) is 18.7.